The summed E-state index contributed by atoms with van der Waals surface area (Å²) in [5.74, 6) is 1.72. The fourth-order valence-corrected chi connectivity index (χ4v) is 3.10. The van der Waals surface area contributed by atoms with Crippen LogP contribution in [-0.4, -0.2) is 5.97 Å². The highest BCUT2D eigenvalue weighted by atomic mass is 16.5. The van der Waals surface area contributed by atoms with E-state index in [1.165, 1.54) is 19.3 Å². The summed E-state index contributed by atoms with van der Waals surface area (Å²) in [6.07, 6.45) is 5.62. The second-order valence-electron chi connectivity index (χ2n) is 7.37. The summed E-state index contributed by atoms with van der Waals surface area (Å²) in [6, 6.07) is 17.4. The first-order chi connectivity index (χ1) is 13.1. The average Bonchev–Trinajstić information content (AvgIpc) is 2.67. The largest absolute Gasteiger partial charge is 0.461 e. The van der Waals surface area contributed by atoms with Gasteiger partial charge in [0.05, 0.1) is 5.92 Å². The zero-order valence-electron chi connectivity index (χ0n) is 16.8. The second kappa shape index (κ2) is 11.4. The molecule has 3 heteroatoms. The Morgan fingerprint density at radius 1 is 0.926 bits per heavy atom. The maximum Gasteiger partial charge on any atom is 0.309 e. The van der Waals surface area contributed by atoms with Crippen LogP contribution < -0.4 is 4.74 Å². The summed E-state index contributed by atoms with van der Waals surface area (Å²) in [7, 11) is 0. The summed E-state index contributed by atoms with van der Waals surface area (Å²) >= 11 is 0. The van der Waals surface area contributed by atoms with Crippen LogP contribution in [-0.2, 0) is 16.1 Å². The van der Waals surface area contributed by atoms with Gasteiger partial charge in [-0.05, 0) is 42.2 Å². The molecule has 0 amide bonds. The van der Waals surface area contributed by atoms with Gasteiger partial charge in [-0.15, -0.1) is 0 Å². The van der Waals surface area contributed by atoms with Crippen molar-refractivity contribution in [2.24, 2.45) is 11.8 Å². The molecule has 0 aromatic heterocycles. The summed E-state index contributed by atoms with van der Waals surface area (Å²) in [4.78, 5) is 12.5. The third-order valence-electron chi connectivity index (χ3n) is 4.73. The maximum absolute atomic E-state index is 12.5. The van der Waals surface area contributed by atoms with Gasteiger partial charge in [-0.2, -0.15) is 0 Å². The highest BCUT2D eigenvalue weighted by Crippen LogP contribution is 2.24. The van der Waals surface area contributed by atoms with E-state index >= 15 is 0 Å². The highest BCUT2D eigenvalue weighted by Gasteiger charge is 2.23. The van der Waals surface area contributed by atoms with E-state index in [0.29, 0.717) is 5.92 Å². The zero-order valence-corrected chi connectivity index (χ0v) is 16.8. The topological polar surface area (TPSA) is 35.5 Å². The number of benzene rings is 2. The fourth-order valence-electron chi connectivity index (χ4n) is 3.10. The van der Waals surface area contributed by atoms with E-state index in [9.17, 15) is 4.79 Å². The van der Waals surface area contributed by atoms with Gasteiger partial charge in [-0.1, -0.05) is 76.8 Å². The van der Waals surface area contributed by atoms with E-state index in [2.05, 4.69) is 20.8 Å². The van der Waals surface area contributed by atoms with Crippen LogP contribution in [0.5, 0.6) is 11.5 Å². The Labute approximate surface area is 163 Å². The lowest BCUT2D eigenvalue weighted by Gasteiger charge is -2.19. The lowest BCUT2D eigenvalue weighted by atomic mass is 9.90. The van der Waals surface area contributed by atoms with E-state index in [1.54, 1.807) is 0 Å². The number of esters is 1. The Morgan fingerprint density at radius 2 is 1.67 bits per heavy atom. The van der Waals surface area contributed by atoms with Crippen molar-refractivity contribution in [1.29, 1.82) is 0 Å². The Bertz CT molecular complexity index is 679. The minimum Gasteiger partial charge on any atom is -0.461 e. The van der Waals surface area contributed by atoms with Crippen LogP contribution >= 0.6 is 0 Å². The number of carbonyl (C=O) groups excluding carboxylic acids is 1. The monoisotopic (exact) mass is 368 g/mol. The number of carbonyl (C=O) groups is 1. The number of hydrogen-bond donors (Lipinski definition) is 0. The van der Waals surface area contributed by atoms with E-state index in [0.717, 1.165) is 29.9 Å². The number of unbranched alkanes of at least 4 members (excludes halogenated alkanes) is 3. The van der Waals surface area contributed by atoms with Gasteiger partial charge in [0, 0.05) is 0 Å². The first-order valence-corrected chi connectivity index (χ1v) is 10.1. The molecule has 2 rings (SSSR count). The molecular formula is C24H32O3. The Balaban J connectivity index is 1.88. The van der Waals surface area contributed by atoms with Crippen molar-refractivity contribution in [1.82, 2.24) is 0 Å². The minimum atomic E-state index is -0.0871. The van der Waals surface area contributed by atoms with Crippen LogP contribution in [0.1, 0.15) is 58.4 Å². The number of ether oxygens (including phenoxy) is 2. The molecule has 2 aromatic rings. The maximum atomic E-state index is 12.5. The van der Waals surface area contributed by atoms with Crippen LogP contribution in [0.3, 0.4) is 0 Å². The first kappa shape index (κ1) is 21.0. The van der Waals surface area contributed by atoms with Crippen molar-refractivity contribution in [3.8, 4) is 11.5 Å². The second-order valence-corrected chi connectivity index (χ2v) is 7.37. The zero-order chi connectivity index (χ0) is 19.5. The van der Waals surface area contributed by atoms with Crippen LogP contribution in [0.15, 0.2) is 54.6 Å². The molecule has 0 saturated heterocycles. The summed E-state index contributed by atoms with van der Waals surface area (Å²) in [6.45, 7) is 6.67. The highest BCUT2D eigenvalue weighted by molar-refractivity contribution is 5.72. The third-order valence-corrected chi connectivity index (χ3v) is 4.73. The average molecular weight is 369 g/mol. The van der Waals surface area contributed by atoms with E-state index < -0.39 is 0 Å². The van der Waals surface area contributed by atoms with Crippen molar-refractivity contribution in [2.45, 2.75) is 59.5 Å². The van der Waals surface area contributed by atoms with Gasteiger partial charge in [0.25, 0.3) is 0 Å². The fraction of sp³-hybridized carbons (Fsp3) is 0.458. The first-order valence-electron chi connectivity index (χ1n) is 10.1. The Kier molecular flexibility index (Phi) is 8.90. The summed E-state index contributed by atoms with van der Waals surface area (Å²) in [5, 5.41) is 0. The lowest BCUT2D eigenvalue weighted by Crippen LogP contribution is -2.22. The normalized spacial score (nSPS) is 12.0. The van der Waals surface area contributed by atoms with Crippen LogP contribution in [0.25, 0.3) is 0 Å². The van der Waals surface area contributed by atoms with Gasteiger partial charge in [-0.25, -0.2) is 0 Å². The van der Waals surface area contributed by atoms with Crippen molar-refractivity contribution < 1.29 is 14.3 Å². The van der Waals surface area contributed by atoms with Gasteiger partial charge < -0.3 is 9.47 Å². The summed E-state index contributed by atoms with van der Waals surface area (Å²) in [5.41, 5.74) is 0.935. The third kappa shape index (κ3) is 7.46. The van der Waals surface area contributed by atoms with Gasteiger partial charge in [0.1, 0.15) is 18.1 Å². The van der Waals surface area contributed by atoms with E-state index in [-0.39, 0.29) is 18.5 Å². The van der Waals surface area contributed by atoms with Crippen LogP contribution in [0.4, 0.5) is 0 Å². The number of hydrogen-bond acceptors (Lipinski definition) is 3. The lowest BCUT2D eigenvalue weighted by molar-refractivity contribution is -0.151. The minimum absolute atomic E-state index is 0.0226. The van der Waals surface area contributed by atoms with E-state index in [4.69, 9.17) is 9.47 Å². The van der Waals surface area contributed by atoms with Crippen LogP contribution in [0, 0.1) is 11.8 Å². The predicted molar refractivity (Wildman–Crippen MR) is 110 cm³/mol. The molecule has 0 fully saturated rings. The van der Waals surface area contributed by atoms with Crippen molar-refractivity contribution in [3.63, 3.8) is 0 Å². The van der Waals surface area contributed by atoms with Gasteiger partial charge >= 0.3 is 5.97 Å². The molecule has 0 aliphatic heterocycles. The molecule has 0 spiro atoms. The Morgan fingerprint density at radius 3 is 2.37 bits per heavy atom. The molecule has 0 aliphatic carbocycles. The van der Waals surface area contributed by atoms with Gasteiger partial charge in [-0.3, -0.25) is 4.79 Å². The molecule has 0 saturated carbocycles. The molecular weight excluding hydrogens is 336 g/mol. The van der Waals surface area contributed by atoms with Crippen molar-refractivity contribution in [2.75, 3.05) is 0 Å². The standard InChI is InChI=1S/C24H32O3/c1-4-5-6-10-16-23(19(2)3)24(25)26-18-20-12-11-15-22(17-20)27-21-13-8-7-9-14-21/h7-9,11-15,17,19,23H,4-6,10,16,18H2,1-3H3. The summed E-state index contributed by atoms with van der Waals surface area (Å²) < 4.78 is 11.5. The molecule has 0 heterocycles. The molecule has 1 unspecified atom stereocenters. The molecule has 2 aromatic carbocycles. The molecule has 27 heavy (non-hydrogen) atoms. The quantitative estimate of drug-likeness (QED) is 0.324. The van der Waals surface area contributed by atoms with E-state index in [1.807, 2.05) is 54.6 Å². The van der Waals surface area contributed by atoms with Gasteiger partial charge in [0.2, 0.25) is 0 Å². The smallest absolute Gasteiger partial charge is 0.309 e. The molecule has 0 radical (unpaired) electrons. The molecule has 0 N–H and O–H groups in total. The van der Waals surface area contributed by atoms with Gasteiger partial charge in [0.15, 0.2) is 0 Å². The SMILES string of the molecule is CCCCCCC(C(=O)OCc1cccc(Oc2ccccc2)c1)C(C)C. The Hall–Kier alpha value is -2.29. The number of rotatable bonds is 11. The molecule has 1 atom stereocenters. The molecule has 0 bridgehead atoms. The number of para-hydroxylation sites is 1. The predicted octanol–water partition coefficient (Wildman–Crippen LogP) is 6.76. The molecule has 0 aliphatic rings. The van der Waals surface area contributed by atoms with Crippen molar-refractivity contribution >= 4 is 5.97 Å². The molecule has 146 valence electrons. The van der Waals surface area contributed by atoms with Crippen LogP contribution in [0.2, 0.25) is 0 Å². The molecule has 3 nitrogen and oxygen atoms in total. The van der Waals surface area contributed by atoms with Crippen molar-refractivity contribution in [3.05, 3.63) is 60.2 Å².